The highest BCUT2D eigenvalue weighted by Gasteiger charge is 2.65. The van der Waals surface area contributed by atoms with Crippen LogP contribution in [0.25, 0.3) is 0 Å². The highest BCUT2D eigenvalue weighted by molar-refractivity contribution is 5.83. The van der Waals surface area contributed by atoms with Crippen LogP contribution in [0.5, 0.6) is 0 Å². The Balaban J connectivity index is 1.41. The van der Waals surface area contributed by atoms with E-state index in [4.69, 9.17) is 5.73 Å². The van der Waals surface area contributed by atoms with Crippen molar-refractivity contribution in [3.8, 4) is 0 Å². The van der Waals surface area contributed by atoms with Gasteiger partial charge in [0.05, 0.1) is 0 Å². The summed E-state index contributed by atoms with van der Waals surface area (Å²) < 4.78 is 0. The molecule has 100 valence electrons. The number of hydrogen-bond donors (Lipinski definition) is 2. The van der Waals surface area contributed by atoms with Crippen LogP contribution in [0.2, 0.25) is 0 Å². The van der Waals surface area contributed by atoms with Crippen LogP contribution >= 0.6 is 0 Å². The van der Waals surface area contributed by atoms with Crippen molar-refractivity contribution in [2.24, 2.45) is 29.4 Å². The first-order valence-electron chi connectivity index (χ1n) is 7.36. The van der Waals surface area contributed by atoms with Gasteiger partial charge in [0.25, 0.3) is 0 Å². The van der Waals surface area contributed by atoms with Crippen LogP contribution in [0.1, 0.15) is 30.9 Å². The molecule has 3 aliphatic carbocycles. The van der Waals surface area contributed by atoms with Gasteiger partial charge in [-0.25, -0.2) is 0 Å². The fraction of sp³-hybridized carbons (Fsp3) is 0.562. The van der Waals surface area contributed by atoms with Crippen LogP contribution in [0.4, 0.5) is 0 Å². The second-order valence-electron chi connectivity index (χ2n) is 6.41. The predicted molar refractivity (Wildman–Crippen MR) is 73.1 cm³/mol. The van der Waals surface area contributed by atoms with Crippen LogP contribution in [0.15, 0.2) is 30.3 Å². The molecule has 5 atom stereocenters. The first-order chi connectivity index (χ1) is 9.25. The second-order valence-corrected chi connectivity index (χ2v) is 6.41. The molecule has 3 fully saturated rings. The molecule has 1 aromatic rings. The van der Waals surface area contributed by atoms with Crippen LogP contribution in [-0.4, -0.2) is 11.9 Å². The van der Waals surface area contributed by atoms with Crippen molar-refractivity contribution in [2.45, 2.75) is 31.3 Å². The minimum atomic E-state index is -0.528. The molecule has 0 heterocycles. The van der Waals surface area contributed by atoms with Crippen molar-refractivity contribution < 1.29 is 4.79 Å². The molecule has 2 bridgehead atoms. The number of rotatable bonds is 3. The smallest absolute Gasteiger partial charge is 0.241 e. The van der Waals surface area contributed by atoms with Crippen LogP contribution in [0, 0.1) is 23.7 Å². The molecule has 4 unspecified atom stereocenters. The van der Waals surface area contributed by atoms with E-state index in [9.17, 15) is 4.79 Å². The summed E-state index contributed by atoms with van der Waals surface area (Å²) in [5, 5.41) is 3.19. The van der Waals surface area contributed by atoms with Crippen molar-refractivity contribution in [1.82, 2.24) is 5.32 Å². The van der Waals surface area contributed by atoms with Crippen LogP contribution in [-0.2, 0) is 4.79 Å². The van der Waals surface area contributed by atoms with E-state index in [1.165, 1.54) is 19.3 Å². The van der Waals surface area contributed by atoms with E-state index in [2.05, 4.69) is 5.32 Å². The standard InChI is InChI=1S/C16H20N2O/c17-14(9-4-2-1-3-5-9)16(19)18-15-12-10-6-7-11(8-10)13(12)15/h1-5,10-15H,6-8,17H2,(H,18,19)/t10?,11?,12?,13?,14-,15?/m1/s1. The highest BCUT2D eigenvalue weighted by Crippen LogP contribution is 2.65. The summed E-state index contributed by atoms with van der Waals surface area (Å²) in [6.45, 7) is 0. The van der Waals surface area contributed by atoms with Gasteiger partial charge in [0.1, 0.15) is 6.04 Å². The molecule has 0 radical (unpaired) electrons. The number of hydrogen-bond acceptors (Lipinski definition) is 2. The molecule has 1 aromatic carbocycles. The molecule has 0 aliphatic heterocycles. The second kappa shape index (κ2) is 4.07. The minimum Gasteiger partial charge on any atom is -0.351 e. The zero-order chi connectivity index (χ0) is 13.0. The first kappa shape index (κ1) is 11.5. The van der Waals surface area contributed by atoms with E-state index in [1.54, 1.807) is 0 Å². The fourth-order valence-corrected chi connectivity index (χ4v) is 4.58. The minimum absolute atomic E-state index is 0.00926. The Bertz CT molecular complexity index is 485. The monoisotopic (exact) mass is 256 g/mol. The van der Waals surface area contributed by atoms with Gasteiger partial charge < -0.3 is 11.1 Å². The maximum Gasteiger partial charge on any atom is 0.241 e. The van der Waals surface area contributed by atoms with Gasteiger partial charge in [0.15, 0.2) is 0 Å². The third-order valence-electron chi connectivity index (χ3n) is 5.49. The summed E-state index contributed by atoms with van der Waals surface area (Å²) in [7, 11) is 0. The first-order valence-corrected chi connectivity index (χ1v) is 7.36. The van der Waals surface area contributed by atoms with Crippen molar-refractivity contribution in [3.63, 3.8) is 0 Å². The Labute approximate surface area is 113 Å². The molecule has 1 amide bonds. The Morgan fingerprint density at radius 2 is 1.79 bits per heavy atom. The molecule has 19 heavy (non-hydrogen) atoms. The third kappa shape index (κ3) is 1.71. The van der Waals surface area contributed by atoms with Gasteiger partial charge in [-0.15, -0.1) is 0 Å². The molecular weight excluding hydrogens is 236 g/mol. The van der Waals surface area contributed by atoms with Crippen LogP contribution < -0.4 is 11.1 Å². The average Bonchev–Trinajstić information content (AvgIpc) is 2.85. The van der Waals surface area contributed by atoms with E-state index in [0.717, 1.165) is 29.2 Å². The van der Waals surface area contributed by atoms with Gasteiger partial charge in [-0.2, -0.15) is 0 Å². The Morgan fingerprint density at radius 1 is 1.16 bits per heavy atom. The SMILES string of the molecule is N[C@@H](C(=O)NC1C2C3CCC(C3)C12)c1ccccc1. The molecule has 3 heteroatoms. The summed E-state index contributed by atoms with van der Waals surface area (Å²) in [5.74, 6) is 3.29. The zero-order valence-electron chi connectivity index (χ0n) is 11.0. The highest BCUT2D eigenvalue weighted by atomic mass is 16.2. The van der Waals surface area contributed by atoms with E-state index in [1.807, 2.05) is 30.3 Å². The van der Waals surface area contributed by atoms with E-state index >= 15 is 0 Å². The number of nitrogens with one attached hydrogen (secondary N) is 1. The van der Waals surface area contributed by atoms with Gasteiger partial charge in [-0.1, -0.05) is 30.3 Å². The fourth-order valence-electron chi connectivity index (χ4n) is 4.58. The topological polar surface area (TPSA) is 55.1 Å². The van der Waals surface area contributed by atoms with Crippen molar-refractivity contribution in [2.75, 3.05) is 0 Å². The van der Waals surface area contributed by atoms with E-state index in [0.29, 0.717) is 6.04 Å². The summed E-state index contributed by atoms with van der Waals surface area (Å²) in [5.41, 5.74) is 6.93. The van der Waals surface area contributed by atoms with Crippen molar-refractivity contribution in [1.29, 1.82) is 0 Å². The molecule has 3 N–H and O–H groups in total. The largest absolute Gasteiger partial charge is 0.351 e. The maximum atomic E-state index is 12.2. The summed E-state index contributed by atoms with van der Waals surface area (Å²) >= 11 is 0. The molecular formula is C16H20N2O. The van der Waals surface area contributed by atoms with E-state index in [-0.39, 0.29) is 5.91 Å². The number of amides is 1. The molecule has 0 spiro atoms. The lowest BCUT2D eigenvalue weighted by Crippen LogP contribution is -2.37. The lowest BCUT2D eigenvalue weighted by atomic mass is 10.0. The van der Waals surface area contributed by atoms with Gasteiger partial charge in [0.2, 0.25) is 5.91 Å². The number of benzene rings is 1. The van der Waals surface area contributed by atoms with E-state index < -0.39 is 6.04 Å². The van der Waals surface area contributed by atoms with Gasteiger partial charge in [-0.05, 0) is 48.5 Å². The number of carbonyl (C=O) groups is 1. The maximum absolute atomic E-state index is 12.2. The van der Waals surface area contributed by atoms with Gasteiger partial charge in [-0.3, -0.25) is 4.79 Å². The molecule has 0 aromatic heterocycles. The van der Waals surface area contributed by atoms with Gasteiger partial charge >= 0.3 is 0 Å². The Kier molecular flexibility index (Phi) is 2.46. The average molecular weight is 256 g/mol. The normalized spacial score (nSPS) is 39.7. The summed E-state index contributed by atoms with van der Waals surface area (Å²) in [6.07, 6.45) is 4.17. The summed E-state index contributed by atoms with van der Waals surface area (Å²) in [6, 6.07) is 9.53. The lowest BCUT2D eigenvalue weighted by molar-refractivity contribution is -0.122. The summed E-state index contributed by atoms with van der Waals surface area (Å²) in [4.78, 5) is 12.2. The number of fused-ring (bicyclic) bond motifs is 5. The third-order valence-corrected chi connectivity index (χ3v) is 5.49. The quantitative estimate of drug-likeness (QED) is 0.867. The van der Waals surface area contributed by atoms with Crippen molar-refractivity contribution in [3.05, 3.63) is 35.9 Å². The predicted octanol–water partition coefficient (Wildman–Crippen LogP) is 1.85. The molecule has 4 rings (SSSR count). The number of nitrogens with two attached hydrogens (primary N) is 1. The zero-order valence-corrected chi connectivity index (χ0v) is 11.0. The molecule has 0 saturated heterocycles. The van der Waals surface area contributed by atoms with Crippen LogP contribution in [0.3, 0.4) is 0 Å². The van der Waals surface area contributed by atoms with Gasteiger partial charge in [0, 0.05) is 6.04 Å². The lowest BCUT2D eigenvalue weighted by Gasteiger charge is -2.15. The molecule has 3 saturated carbocycles. The Morgan fingerprint density at radius 3 is 2.42 bits per heavy atom. The molecule has 3 nitrogen and oxygen atoms in total. The number of carbonyl (C=O) groups excluding carboxylic acids is 1. The Hall–Kier alpha value is -1.35. The molecule has 3 aliphatic rings. The van der Waals surface area contributed by atoms with Crippen molar-refractivity contribution >= 4 is 5.91 Å².